The van der Waals surface area contributed by atoms with Crippen LogP contribution in [0.3, 0.4) is 0 Å². The maximum absolute atomic E-state index is 13.5. The molecule has 0 unspecified atom stereocenters. The zero-order valence-electron chi connectivity index (χ0n) is 18.2. The summed E-state index contributed by atoms with van der Waals surface area (Å²) < 4.78 is 52.5. The van der Waals surface area contributed by atoms with Gasteiger partial charge in [-0.3, -0.25) is 9.10 Å². The second kappa shape index (κ2) is 9.11. The van der Waals surface area contributed by atoms with Crippen molar-refractivity contribution in [3.63, 3.8) is 0 Å². The van der Waals surface area contributed by atoms with Gasteiger partial charge in [0, 0.05) is 11.8 Å². The number of rotatable bonds is 6. The molecule has 3 aromatic rings. The van der Waals surface area contributed by atoms with Crippen molar-refractivity contribution in [3.05, 3.63) is 77.6 Å². The average Bonchev–Trinajstić information content (AvgIpc) is 2.80. The first-order chi connectivity index (χ1) is 15.7. The summed E-state index contributed by atoms with van der Waals surface area (Å²) >= 11 is 0. The summed E-state index contributed by atoms with van der Waals surface area (Å²) in [6, 6.07) is 14.6. The lowest BCUT2D eigenvalue weighted by molar-refractivity contribution is -0.114. The Balaban J connectivity index is 1.66. The molecule has 0 saturated carbocycles. The summed E-state index contributed by atoms with van der Waals surface area (Å²) in [6.07, 6.45) is 0. The van der Waals surface area contributed by atoms with Crippen molar-refractivity contribution in [2.24, 2.45) is 0 Å². The summed E-state index contributed by atoms with van der Waals surface area (Å²) in [5.74, 6) is -0.305. The number of nitrogens with one attached hydrogen (secondary N) is 1. The van der Waals surface area contributed by atoms with Crippen molar-refractivity contribution < 1.29 is 27.1 Å². The molecule has 0 saturated heterocycles. The standard InChI is InChI=1S/C24H23FN2O5S/c1-16-3-6-19(13-17(16)2)26-24(28)15-27(20-7-4-18(25)5-8-20)33(29,30)21-9-10-22-23(14-21)32-12-11-31-22/h3-10,13-14H,11-12,15H2,1-2H3,(H,26,28). The molecule has 172 valence electrons. The van der Waals surface area contributed by atoms with Crippen molar-refractivity contribution in [1.82, 2.24) is 0 Å². The van der Waals surface area contributed by atoms with Crippen LogP contribution in [0.15, 0.2) is 65.6 Å². The Kier molecular flexibility index (Phi) is 6.24. The van der Waals surface area contributed by atoms with Crippen LogP contribution in [-0.4, -0.2) is 34.1 Å². The number of hydrogen-bond acceptors (Lipinski definition) is 5. The number of benzene rings is 3. The van der Waals surface area contributed by atoms with Gasteiger partial charge in [0.25, 0.3) is 10.0 Å². The number of halogens is 1. The molecule has 1 amide bonds. The van der Waals surface area contributed by atoms with E-state index >= 15 is 0 Å². The highest BCUT2D eigenvalue weighted by molar-refractivity contribution is 7.92. The molecule has 0 aliphatic carbocycles. The van der Waals surface area contributed by atoms with Gasteiger partial charge in [-0.25, -0.2) is 12.8 Å². The fourth-order valence-corrected chi connectivity index (χ4v) is 4.82. The molecule has 33 heavy (non-hydrogen) atoms. The van der Waals surface area contributed by atoms with E-state index in [4.69, 9.17) is 9.47 Å². The SMILES string of the molecule is Cc1ccc(NC(=O)CN(c2ccc(F)cc2)S(=O)(=O)c2ccc3c(c2)OCCO3)cc1C. The second-order valence-electron chi connectivity index (χ2n) is 7.64. The molecule has 9 heteroatoms. The molecule has 1 aliphatic heterocycles. The highest BCUT2D eigenvalue weighted by Gasteiger charge is 2.29. The van der Waals surface area contributed by atoms with Crippen molar-refractivity contribution in [1.29, 1.82) is 0 Å². The van der Waals surface area contributed by atoms with Crippen LogP contribution in [0.5, 0.6) is 11.5 Å². The zero-order chi connectivity index (χ0) is 23.6. The number of ether oxygens (including phenoxy) is 2. The monoisotopic (exact) mass is 470 g/mol. The summed E-state index contributed by atoms with van der Waals surface area (Å²) in [5, 5.41) is 2.73. The topological polar surface area (TPSA) is 84.9 Å². The van der Waals surface area contributed by atoms with Crippen LogP contribution in [0.4, 0.5) is 15.8 Å². The van der Waals surface area contributed by atoms with E-state index in [0.29, 0.717) is 30.4 Å². The van der Waals surface area contributed by atoms with E-state index in [1.165, 1.54) is 30.3 Å². The Morgan fingerprint density at radius 2 is 1.64 bits per heavy atom. The van der Waals surface area contributed by atoms with E-state index in [0.717, 1.165) is 27.6 Å². The smallest absolute Gasteiger partial charge is 0.264 e. The lowest BCUT2D eigenvalue weighted by atomic mass is 10.1. The molecule has 1 heterocycles. The van der Waals surface area contributed by atoms with Crippen molar-refractivity contribution in [3.8, 4) is 11.5 Å². The van der Waals surface area contributed by atoms with Gasteiger partial charge < -0.3 is 14.8 Å². The largest absolute Gasteiger partial charge is 0.486 e. The maximum atomic E-state index is 13.5. The van der Waals surface area contributed by atoms with Gasteiger partial charge in [0.1, 0.15) is 25.6 Å². The van der Waals surface area contributed by atoms with Crippen LogP contribution in [-0.2, 0) is 14.8 Å². The Morgan fingerprint density at radius 1 is 0.939 bits per heavy atom. The number of aryl methyl sites for hydroxylation is 2. The number of sulfonamides is 1. The lowest BCUT2D eigenvalue weighted by Gasteiger charge is -2.25. The van der Waals surface area contributed by atoms with Gasteiger partial charge in [-0.1, -0.05) is 6.07 Å². The summed E-state index contributed by atoms with van der Waals surface area (Å²) in [6.45, 7) is 4.05. The highest BCUT2D eigenvalue weighted by Crippen LogP contribution is 2.34. The van der Waals surface area contributed by atoms with Gasteiger partial charge in [0.05, 0.1) is 10.6 Å². The number of nitrogens with zero attached hydrogens (tertiary/aromatic N) is 1. The average molecular weight is 471 g/mol. The van der Waals surface area contributed by atoms with Gasteiger partial charge in [-0.2, -0.15) is 0 Å². The van der Waals surface area contributed by atoms with Crippen LogP contribution >= 0.6 is 0 Å². The number of carbonyl (C=O) groups excluding carboxylic acids is 1. The third kappa shape index (κ3) is 4.93. The summed E-state index contributed by atoms with van der Waals surface area (Å²) in [5.41, 5.74) is 2.77. The first kappa shape index (κ1) is 22.6. The molecule has 0 bridgehead atoms. The van der Waals surface area contributed by atoms with E-state index in [1.807, 2.05) is 26.0 Å². The third-order valence-corrected chi connectivity index (χ3v) is 7.06. The van der Waals surface area contributed by atoms with Gasteiger partial charge in [-0.05, 0) is 73.5 Å². The Labute approximate surface area is 191 Å². The minimum atomic E-state index is -4.19. The third-order valence-electron chi connectivity index (χ3n) is 5.29. The molecule has 0 spiro atoms. The number of amides is 1. The predicted molar refractivity (Wildman–Crippen MR) is 123 cm³/mol. The van der Waals surface area contributed by atoms with E-state index in [9.17, 15) is 17.6 Å². The van der Waals surface area contributed by atoms with Crippen molar-refractivity contribution in [2.75, 3.05) is 29.4 Å². The first-order valence-corrected chi connectivity index (χ1v) is 11.7. The number of carbonyl (C=O) groups is 1. The van der Waals surface area contributed by atoms with Crippen LogP contribution < -0.4 is 19.1 Å². The Hall–Kier alpha value is -3.59. The molecule has 0 radical (unpaired) electrons. The van der Waals surface area contributed by atoms with Crippen LogP contribution in [0, 0.1) is 19.7 Å². The van der Waals surface area contributed by atoms with E-state index in [1.54, 1.807) is 6.07 Å². The van der Waals surface area contributed by atoms with Gasteiger partial charge in [0.2, 0.25) is 5.91 Å². The minimum absolute atomic E-state index is 0.0740. The van der Waals surface area contributed by atoms with Crippen LogP contribution in [0.25, 0.3) is 0 Å². The highest BCUT2D eigenvalue weighted by atomic mass is 32.2. The molecule has 0 fully saturated rings. The first-order valence-electron chi connectivity index (χ1n) is 10.3. The molecular formula is C24H23FN2O5S. The fourth-order valence-electron chi connectivity index (χ4n) is 3.38. The molecule has 1 N–H and O–H groups in total. The fraction of sp³-hybridized carbons (Fsp3) is 0.208. The Morgan fingerprint density at radius 3 is 2.33 bits per heavy atom. The quantitative estimate of drug-likeness (QED) is 0.588. The maximum Gasteiger partial charge on any atom is 0.264 e. The second-order valence-corrected chi connectivity index (χ2v) is 9.50. The summed E-state index contributed by atoms with van der Waals surface area (Å²) in [7, 11) is -4.19. The minimum Gasteiger partial charge on any atom is -0.486 e. The van der Waals surface area contributed by atoms with E-state index < -0.39 is 28.3 Å². The molecular weight excluding hydrogens is 447 g/mol. The molecule has 4 rings (SSSR count). The Bertz CT molecular complexity index is 1290. The van der Waals surface area contributed by atoms with Crippen LogP contribution in [0.1, 0.15) is 11.1 Å². The van der Waals surface area contributed by atoms with E-state index in [2.05, 4.69) is 5.32 Å². The normalized spacial score (nSPS) is 12.8. The molecule has 3 aromatic carbocycles. The van der Waals surface area contributed by atoms with Crippen molar-refractivity contribution >= 4 is 27.3 Å². The van der Waals surface area contributed by atoms with Gasteiger partial charge >= 0.3 is 0 Å². The zero-order valence-corrected chi connectivity index (χ0v) is 19.0. The van der Waals surface area contributed by atoms with E-state index in [-0.39, 0.29) is 10.6 Å². The number of fused-ring (bicyclic) bond motifs is 1. The number of hydrogen-bond donors (Lipinski definition) is 1. The number of anilines is 2. The summed E-state index contributed by atoms with van der Waals surface area (Å²) in [4.78, 5) is 12.8. The van der Waals surface area contributed by atoms with Crippen LogP contribution in [0.2, 0.25) is 0 Å². The molecule has 1 aliphatic rings. The molecule has 0 aromatic heterocycles. The molecule has 7 nitrogen and oxygen atoms in total. The van der Waals surface area contributed by atoms with Gasteiger partial charge in [-0.15, -0.1) is 0 Å². The molecule has 0 atom stereocenters. The van der Waals surface area contributed by atoms with Crippen molar-refractivity contribution in [2.45, 2.75) is 18.7 Å². The lowest BCUT2D eigenvalue weighted by Crippen LogP contribution is -2.38. The van der Waals surface area contributed by atoms with Gasteiger partial charge in [0.15, 0.2) is 11.5 Å². The predicted octanol–water partition coefficient (Wildman–Crippen LogP) is 4.05.